The molecule has 0 amide bonds. The minimum atomic E-state index is -1.35. The Morgan fingerprint density at radius 1 is 1.13 bits per heavy atom. The summed E-state index contributed by atoms with van der Waals surface area (Å²) in [5.41, 5.74) is 2.78. The second-order valence-electron chi connectivity index (χ2n) is 5.75. The van der Waals surface area contributed by atoms with E-state index in [0.717, 1.165) is 16.8 Å². The molecule has 5 N–H and O–H groups in total. The van der Waals surface area contributed by atoms with Crippen LogP contribution < -0.4 is 5.32 Å². The molecule has 1 heterocycles. The minimum Gasteiger partial charge on any atom is -0.394 e. The summed E-state index contributed by atoms with van der Waals surface area (Å²) >= 11 is 0. The first kappa shape index (κ1) is 18.1. The molecule has 130 valence electrons. The average Bonchev–Trinajstić information content (AvgIpc) is 2.56. The van der Waals surface area contributed by atoms with Gasteiger partial charge in [0.15, 0.2) is 0 Å². The molecule has 0 aromatic heterocycles. The number of aliphatic hydroxyl groups excluding tert-OH is 4. The monoisotopic (exact) mass is 327 g/mol. The number of anilines is 1. The fraction of sp³-hybridized carbons (Fsp3) is 0.625. The zero-order valence-electron chi connectivity index (χ0n) is 13.3. The van der Waals surface area contributed by atoms with Crippen molar-refractivity contribution in [1.29, 1.82) is 0 Å². The summed E-state index contributed by atoms with van der Waals surface area (Å²) in [7, 11) is 3.42. The van der Waals surface area contributed by atoms with Gasteiger partial charge >= 0.3 is 0 Å². The molecular weight excluding hydrogens is 302 g/mol. The van der Waals surface area contributed by atoms with Crippen LogP contribution in [0.15, 0.2) is 18.2 Å². The SMILES string of the molecule is CNc1cc(COC)ccc1CC1OC(CO)C(O)C(O)C1O. The van der Waals surface area contributed by atoms with E-state index in [0.29, 0.717) is 13.0 Å². The second kappa shape index (κ2) is 8.05. The summed E-state index contributed by atoms with van der Waals surface area (Å²) < 4.78 is 10.7. The number of nitrogens with one attached hydrogen (secondary N) is 1. The summed E-state index contributed by atoms with van der Waals surface area (Å²) in [5.74, 6) is 0. The van der Waals surface area contributed by atoms with Gasteiger partial charge in [0.1, 0.15) is 24.4 Å². The van der Waals surface area contributed by atoms with Crippen molar-refractivity contribution in [1.82, 2.24) is 0 Å². The lowest BCUT2D eigenvalue weighted by atomic mass is 9.91. The Hall–Kier alpha value is -1.22. The number of hydrogen-bond donors (Lipinski definition) is 5. The maximum Gasteiger partial charge on any atom is 0.111 e. The summed E-state index contributed by atoms with van der Waals surface area (Å²) in [6.07, 6.45) is -5.17. The van der Waals surface area contributed by atoms with Gasteiger partial charge in [0, 0.05) is 26.3 Å². The third-order valence-corrected chi connectivity index (χ3v) is 4.17. The Morgan fingerprint density at radius 2 is 1.83 bits per heavy atom. The molecule has 1 aromatic rings. The van der Waals surface area contributed by atoms with Crippen LogP contribution in [0.2, 0.25) is 0 Å². The van der Waals surface area contributed by atoms with Gasteiger partial charge in [0.2, 0.25) is 0 Å². The Kier molecular flexibility index (Phi) is 6.34. The molecule has 23 heavy (non-hydrogen) atoms. The molecule has 0 bridgehead atoms. The van der Waals surface area contributed by atoms with E-state index in [4.69, 9.17) is 9.47 Å². The number of rotatable bonds is 6. The lowest BCUT2D eigenvalue weighted by Gasteiger charge is -2.40. The zero-order chi connectivity index (χ0) is 17.0. The minimum absolute atomic E-state index is 0.338. The highest BCUT2D eigenvalue weighted by molar-refractivity contribution is 5.53. The van der Waals surface area contributed by atoms with Crippen molar-refractivity contribution in [3.05, 3.63) is 29.3 Å². The van der Waals surface area contributed by atoms with Crippen molar-refractivity contribution in [2.45, 2.75) is 43.5 Å². The Bertz CT molecular complexity index is 509. The van der Waals surface area contributed by atoms with Crippen molar-refractivity contribution >= 4 is 5.69 Å². The van der Waals surface area contributed by atoms with E-state index in [-0.39, 0.29) is 0 Å². The van der Waals surface area contributed by atoms with Gasteiger partial charge in [-0.25, -0.2) is 0 Å². The van der Waals surface area contributed by atoms with Crippen molar-refractivity contribution in [2.75, 3.05) is 26.1 Å². The van der Waals surface area contributed by atoms with Crippen LogP contribution in [0.3, 0.4) is 0 Å². The summed E-state index contributed by atoms with van der Waals surface area (Å²) in [6, 6.07) is 5.77. The smallest absolute Gasteiger partial charge is 0.111 e. The molecule has 1 aliphatic rings. The first-order chi connectivity index (χ1) is 11.0. The van der Waals surface area contributed by atoms with Gasteiger partial charge in [-0.3, -0.25) is 0 Å². The molecule has 0 radical (unpaired) electrons. The van der Waals surface area contributed by atoms with E-state index in [1.807, 2.05) is 18.2 Å². The lowest BCUT2D eigenvalue weighted by Crippen LogP contribution is -2.59. The summed E-state index contributed by atoms with van der Waals surface area (Å²) in [5, 5.41) is 42.1. The van der Waals surface area contributed by atoms with E-state index in [9.17, 15) is 20.4 Å². The summed E-state index contributed by atoms with van der Waals surface area (Å²) in [6.45, 7) is 0.0715. The predicted molar refractivity (Wildman–Crippen MR) is 84.2 cm³/mol. The largest absolute Gasteiger partial charge is 0.394 e. The quantitative estimate of drug-likeness (QED) is 0.468. The van der Waals surface area contributed by atoms with Gasteiger partial charge in [-0.15, -0.1) is 0 Å². The molecule has 2 rings (SSSR count). The third kappa shape index (κ3) is 4.00. The highest BCUT2D eigenvalue weighted by atomic mass is 16.5. The number of ether oxygens (including phenoxy) is 2. The van der Waals surface area contributed by atoms with Gasteiger partial charge < -0.3 is 35.2 Å². The maximum absolute atomic E-state index is 10.1. The molecule has 7 heteroatoms. The van der Waals surface area contributed by atoms with Crippen LogP contribution in [0.5, 0.6) is 0 Å². The maximum atomic E-state index is 10.1. The molecule has 5 atom stereocenters. The van der Waals surface area contributed by atoms with E-state index >= 15 is 0 Å². The van der Waals surface area contributed by atoms with E-state index in [2.05, 4.69) is 5.32 Å². The molecule has 1 saturated heterocycles. The fourth-order valence-electron chi connectivity index (χ4n) is 2.85. The average molecular weight is 327 g/mol. The van der Waals surface area contributed by atoms with Crippen LogP contribution in [0.25, 0.3) is 0 Å². The van der Waals surface area contributed by atoms with Crippen LogP contribution in [0.1, 0.15) is 11.1 Å². The van der Waals surface area contributed by atoms with Crippen molar-refractivity contribution in [2.24, 2.45) is 0 Å². The topological polar surface area (TPSA) is 111 Å². The molecule has 1 aliphatic heterocycles. The first-order valence-electron chi connectivity index (χ1n) is 7.60. The van der Waals surface area contributed by atoms with Gasteiger partial charge in [0.05, 0.1) is 19.3 Å². The van der Waals surface area contributed by atoms with Gasteiger partial charge in [0.25, 0.3) is 0 Å². The van der Waals surface area contributed by atoms with E-state index < -0.39 is 37.1 Å². The number of hydrogen-bond acceptors (Lipinski definition) is 7. The number of benzene rings is 1. The molecule has 7 nitrogen and oxygen atoms in total. The van der Waals surface area contributed by atoms with E-state index in [1.165, 1.54) is 0 Å². The molecule has 5 unspecified atom stereocenters. The van der Waals surface area contributed by atoms with Crippen LogP contribution >= 0.6 is 0 Å². The Labute approximate surface area is 135 Å². The van der Waals surface area contributed by atoms with Crippen LogP contribution in [0.4, 0.5) is 5.69 Å². The zero-order valence-corrected chi connectivity index (χ0v) is 13.3. The van der Waals surface area contributed by atoms with Crippen molar-refractivity contribution in [3.8, 4) is 0 Å². The van der Waals surface area contributed by atoms with Crippen molar-refractivity contribution in [3.63, 3.8) is 0 Å². The molecule has 1 aromatic carbocycles. The summed E-state index contributed by atoms with van der Waals surface area (Å²) in [4.78, 5) is 0. The van der Waals surface area contributed by atoms with Gasteiger partial charge in [-0.05, 0) is 17.2 Å². The number of methoxy groups -OCH3 is 1. The van der Waals surface area contributed by atoms with Crippen LogP contribution in [-0.4, -0.2) is 71.7 Å². The van der Waals surface area contributed by atoms with Crippen molar-refractivity contribution < 1.29 is 29.9 Å². The second-order valence-corrected chi connectivity index (χ2v) is 5.75. The first-order valence-corrected chi connectivity index (χ1v) is 7.60. The lowest BCUT2D eigenvalue weighted by molar-refractivity contribution is -0.228. The van der Waals surface area contributed by atoms with Gasteiger partial charge in [-0.1, -0.05) is 12.1 Å². The molecule has 1 fully saturated rings. The third-order valence-electron chi connectivity index (χ3n) is 4.17. The molecule has 0 saturated carbocycles. The fourth-order valence-corrected chi connectivity index (χ4v) is 2.85. The standard InChI is InChI=1S/C16H25NO6/c1-17-11-5-9(8-22-2)3-4-10(11)6-12-14(19)16(21)15(20)13(7-18)23-12/h3-5,12-21H,6-8H2,1-2H3. The normalized spacial score (nSPS) is 31.1. The Balaban J connectivity index is 2.17. The van der Waals surface area contributed by atoms with Crippen LogP contribution in [-0.2, 0) is 22.5 Å². The highest BCUT2D eigenvalue weighted by Gasteiger charge is 2.43. The molecule has 0 aliphatic carbocycles. The molecule has 0 spiro atoms. The van der Waals surface area contributed by atoms with Crippen LogP contribution in [0, 0.1) is 0 Å². The Morgan fingerprint density at radius 3 is 2.43 bits per heavy atom. The van der Waals surface area contributed by atoms with Gasteiger partial charge in [-0.2, -0.15) is 0 Å². The predicted octanol–water partition coefficient (Wildman–Crippen LogP) is -0.740. The van der Waals surface area contributed by atoms with E-state index in [1.54, 1.807) is 14.2 Å². The highest BCUT2D eigenvalue weighted by Crippen LogP contribution is 2.27. The molecular formula is C16H25NO6. The number of aliphatic hydroxyl groups is 4.